The fourth-order valence-electron chi connectivity index (χ4n) is 3.74. The average molecular weight is 502 g/mol. The van der Waals surface area contributed by atoms with E-state index in [2.05, 4.69) is 5.32 Å². The average Bonchev–Trinajstić information content (AvgIpc) is 2.83. The number of hydrogen-bond acceptors (Lipinski definition) is 9. The highest BCUT2D eigenvalue weighted by atomic mass is 32.1. The van der Waals surface area contributed by atoms with Gasteiger partial charge in [-0.2, -0.15) is 0 Å². The summed E-state index contributed by atoms with van der Waals surface area (Å²) in [6.45, 7) is 4.82. The van der Waals surface area contributed by atoms with E-state index in [1.54, 1.807) is 16.7 Å². The van der Waals surface area contributed by atoms with Gasteiger partial charge in [0.05, 0.1) is 22.0 Å². The molecule has 2 aromatic rings. The number of anilines is 1. The molecule has 1 N–H and O–H groups in total. The van der Waals surface area contributed by atoms with Crippen LogP contribution in [-0.2, 0) is 4.74 Å². The molecular formula is C22H23N5O7S. The molecule has 1 fully saturated rings. The van der Waals surface area contributed by atoms with Crippen LogP contribution < -0.4 is 10.2 Å². The number of hydrogen-bond donors (Lipinski definition) is 1. The molecule has 1 amide bonds. The summed E-state index contributed by atoms with van der Waals surface area (Å²) in [7, 11) is 0. The molecule has 1 heterocycles. The summed E-state index contributed by atoms with van der Waals surface area (Å²) in [4.78, 5) is 49.8. The highest BCUT2D eigenvalue weighted by Crippen LogP contribution is 2.30. The number of nitrogens with one attached hydrogen (secondary N) is 1. The van der Waals surface area contributed by atoms with E-state index >= 15 is 0 Å². The molecule has 0 spiro atoms. The summed E-state index contributed by atoms with van der Waals surface area (Å²) in [6.07, 6.45) is 0. The van der Waals surface area contributed by atoms with E-state index in [-0.39, 0.29) is 39.8 Å². The second kappa shape index (κ2) is 10.9. The highest BCUT2D eigenvalue weighted by molar-refractivity contribution is 7.80. The number of thiocarbonyl (C=S) groups is 1. The molecule has 0 aromatic heterocycles. The van der Waals surface area contributed by atoms with Crippen LogP contribution in [0, 0.1) is 27.2 Å². The number of nitro groups is 2. The molecule has 12 nitrogen and oxygen atoms in total. The van der Waals surface area contributed by atoms with Gasteiger partial charge in [0.25, 0.3) is 17.3 Å². The van der Waals surface area contributed by atoms with Crippen LogP contribution in [-0.4, -0.2) is 64.5 Å². The van der Waals surface area contributed by atoms with Crippen LogP contribution in [0.5, 0.6) is 0 Å². The Labute approximate surface area is 205 Å². The lowest BCUT2D eigenvalue weighted by atomic mass is 10.1. The predicted octanol–water partition coefficient (Wildman–Crippen LogP) is 2.83. The maximum atomic E-state index is 12.7. The van der Waals surface area contributed by atoms with Crippen LogP contribution in [0.15, 0.2) is 36.4 Å². The molecule has 0 radical (unpaired) electrons. The van der Waals surface area contributed by atoms with Crippen molar-refractivity contribution in [2.45, 2.75) is 13.8 Å². The van der Waals surface area contributed by atoms with Gasteiger partial charge in [-0.1, -0.05) is 6.07 Å². The molecule has 1 aliphatic rings. The second-order valence-electron chi connectivity index (χ2n) is 7.62. The number of amides is 1. The first-order valence-electron chi connectivity index (χ1n) is 10.7. The molecule has 0 aliphatic carbocycles. The van der Waals surface area contributed by atoms with E-state index < -0.39 is 21.7 Å². The van der Waals surface area contributed by atoms with Crippen LogP contribution in [0.2, 0.25) is 0 Å². The molecule has 1 aliphatic heterocycles. The number of rotatable bonds is 6. The van der Waals surface area contributed by atoms with Gasteiger partial charge in [0.15, 0.2) is 5.11 Å². The minimum atomic E-state index is -0.632. The van der Waals surface area contributed by atoms with Crippen molar-refractivity contribution in [1.82, 2.24) is 10.2 Å². The van der Waals surface area contributed by atoms with Gasteiger partial charge in [0.1, 0.15) is 5.69 Å². The zero-order valence-corrected chi connectivity index (χ0v) is 19.9. The third-order valence-corrected chi connectivity index (χ3v) is 5.92. The van der Waals surface area contributed by atoms with Gasteiger partial charge in [-0.05, 0) is 44.3 Å². The fourth-order valence-corrected chi connectivity index (χ4v) is 4.01. The lowest BCUT2D eigenvalue weighted by Crippen LogP contribution is -2.52. The second-order valence-corrected chi connectivity index (χ2v) is 8.01. The van der Waals surface area contributed by atoms with Crippen LogP contribution in [0.3, 0.4) is 0 Å². The first-order chi connectivity index (χ1) is 16.6. The number of nitrogens with zero attached hydrogens (tertiary/aromatic N) is 4. The minimum Gasteiger partial charge on any atom is -0.462 e. The van der Waals surface area contributed by atoms with Crippen molar-refractivity contribution >= 4 is 46.3 Å². The van der Waals surface area contributed by atoms with E-state index in [1.165, 1.54) is 43.3 Å². The summed E-state index contributed by atoms with van der Waals surface area (Å²) in [5.74, 6) is -1.18. The van der Waals surface area contributed by atoms with Crippen LogP contribution in [0.25, 0.3) is 0 Å². The molecule has 13 heteroatoms. The Kier molecular flexibility index (Phi) is 7.91. The van der Waals surface area contributed by atoms with Gasteiger partial charge >= 0.3 is 5.97 Å². The normalized spacial score (nSPS) is 13.2. The lowest BCUT2D eigenvalue weighted by Gasteiger charge is -2.37. The molecule has 35 heavy (non-hydrogen) atoms. The van der Waals surface area contributed by atoms with Crippen molar-refractivity contribution in [3.05, 3.63) is 73.3 Å². The smallest absolute Gasteiger partial charge is 0.338 e. The maximum Gasteiger partial charge on any atom is 0.338 e. The quantitative estimate of drug-likeness (QED) is 0.271. The fraction of sp³-hybridized carbons (Fsp3) is 0.318. The molecule has 2 aromatic carbocycles. The highest BCUT2D eigenvalue weighted by Gasteiger charge is 2.27. The summed E-state index contributed by atoms with van der Waals surface area (Å²) in [5, 5.41) is 25.5. The zero-order chi connectivity index (χ0) is 25.7. The molecule has 3 rings (SSSR count). The molecular weight excluding hydrogens is 478 g/mol. The van der Waals surface area contributed by atoms with Crippen molar-refractivity contribution in [1.29, 1.82) is 0 Å². The van der Waals surface area contributed by atoms with Crippen molar-refractivity contribution in [2.24, 2.45) is 0 Å². The summed E-state index contributed by atoms with van der Waals surface area (Å²) in [5.41, 5.74) is 0.485. The summed E-state index contributed by atoms with van der Waals surface area (Å²) >= 11 is 5.35. The third kappa shape index (κ3) is 5.69. The lowest BCUT2D eigenvalue weighted by molar-refractivity contribution is -0.385. The van der Waals surface area contributed by atoms with Gasteiger partial charge in [-0.15, -0.1) is 0 Å². The molecule has 184 valence electrons. The maximum absolute atomic E-state index is 12.7. The summed E-state index contributed by atoms with van der Waals surface area (Å²) in [6, 6.07) is 8.44. The molecule has 0 saturated carbocycles. The number of carbonyl (C=O) groups is 2. The Bertz CT molecular complexity index is 1190. The van der Waals surface area contributed by atoms with Crippen molar-refractivity contribution in [3.63, 3.8) is 0 Å². The number of benzene rings is 2. The largest absolute Gasteiger partial charge is 0.462 e. The number of piperazine rings is 1. The Morgan fingerprint density at radius 1 is 1.06 bits per heavy atom. The minimum absolute atomic E-state index is 0.0984. The van der Waals surface area contributed by atoms with E-state index in [0.717, 1.165) is 0 Å². The van der Waals surface area contributed by atoms with Crippen LogP contribution >= 0.6 is 12.2 Å². The third-order valence-electron chi connectivity index (χ3n) is 5.56. The first-order valence-corrected chi connectivity index (χ1v) is 11.1. The van der Waals surface area contributed by atoms with Gasteiger partial charge in [-0.25, -0.2) is 4.79 Å². The van der Waals surface area contributed by atoms with Gasteiger partial charge < -0.3 is 14.5 Å². The van der Waals surface area contributed by atoms with E-state index in [4.69, 9.17) is 17.0 Å². The topological polar surface area (TPSA) is 148 Å². The van der Waals surface area contributed by atoms with E-state index in [9.17, 15) is 29.8 Å². The van der Waals surface area contributed by atoms with E-state index in [1.807, 2.05) is 0 Å². The van der Waals surface area contributed by atoms with Gasteiger partial charge in [-0.3, -0.25) is 30.3 Å². The van der Waals surface area contributed by atoms with Crippen LogP contribution in [0.1, 0.15) is 33.2 Å². The Hall–Kier alpha value is -4.13. The van der Waals surface area contributed by atoms with Gasteiger partial charge in [0, 0.05) is 49.4 Å². The Balaban J connectivity index is 1.67. The van der Waals surface area contributed by atoms with Crippen molar-refractivity contribution < 1.29 is 24.2 Å². The monoisotopic (exact) mass is 501 g/mol. The molecule has 0 unspecified atom stereocenters. The SMILES string of the molecule is CCOC(=O)c1ccc(N2CCN(C(=S)NC(=O)c3cccc([N+](=O)[O-])c3C)CC2)c([N+](=O)[O-])c1. The summed E-state index contributed by atoms with van der Waals surface area (Å²) < 4.78 is 4.91. The van der Waals surface area contributed by atoms with E-state index in [0.29, 0.717) is 31.9 Å². The molecule has 0 bridgehead atoms. The number of ether oxygens (including phenoxy) is 1. The van der Waals surface area contributed by atoms with Crippen LogP contribution in [0.4, 0.5) is 17.1 Å². The predicted molar refractivity (Wildman–Crippen MR) is 131 cm³/mol. The number of esters is 1. The van der Waals surface area contributed by atoms with Gasteiger partial charge in [0.2, 0.25) is 0 Å². The zero-order valence-electron chi connectivity index (χ0n) is 19.1. The Morgan fingerprint density at radius 2 is 1.71 bits per heavy atom. The van der Waals surface area contributed by atoms with Crippen molar-refractivity contribution in [2.75, 3.05) is 37.7 Å². The number of nitro benzene ring substituents is 2. The Morgan fingerprint density at radius 3 is 2.31 bits per heavy atom. The molecule has 0 atom stereocenters. The first kappa shape index (κ1) is 25.5. The van der Waals surface area contributed by atoms with Crippen molar-refractivity contribution in [3.8, 4) is 0 Å². The number of carbonyl (C=O) groups excluding carboxylic acids is 2. The molecule has 1 saturated heterocycles. The standard InChI is InChI=1S/C22H23N5O7S/c1-3-34-21(29)15-7-8-18(19(13-15)27(32)33)24-9-11-25(12-10-24)22(35)23-20(28)16-5-4-6-17(14(16)2)26(30)31/h4-8,13H,3,9-12H2,1-2H3,(H,23,28,35).